The SMILES string of the molecule is CC1=CC(=O)N(NCc2cccnc2)CC1. The highest BCUT2D eigenvalue weighted by Crippen LogP contribution is 2.09. The Hall–Kier alpha value is -1.68. The molecule has 0 saturated carbocycles. The first-order chi connectivity index (χ1) is 7.75. The van der Waals surface area contributed by atoms with Crippen LogP contribution in [0.25, 0.3) is 0 Å². The predicted molar refractivity (Wildman–Crippen MR) is 61.2 cm³/mol. The Kier molecular flexibility index (Phi) is 3.31. The molecule has 0 aliphatic carbocycles. The number of carbonyl (C=O) groups excluding carboxylic acids is 1. The first-order valence-corrected chi connectivity index (χ1v) is 5.37. The van der Waals surface area contributed by atoms with E-state index in [0.29, 0.717) is 6.54 Å². The molecule has 0 atom stereocenters. The van der Waals surface area contributed by atoms with Crippen LogP contribution < -0.4 is 5.43 Å². The Balaban J connectivity index is 1.90. The molecule has 2 heterocycles. The predicted octanol–water partition coefficient (Wildman–Crippen LogP) is 1.26. The number of nitrogens with zero attached hydrogens (tertiary/aromatic N) is 2. The van der Waals surface area contributed by atoms with E-state index in [4.69, 9.17) is 0 Å². The highest BCUT2D eigenvalue weighted by atomic mass is 16.2. The highest BCUT2D eigenvalue weighted by molar-refractivity contribution is 5.88. The summed E-state index contributed by atoms with van der Waals surface area (Å²) in [5.41, 5.74) is 5.32. The van der Waals surface area contributed by atoms with E-state index in [9.17, 15) is 4.79 Å². The molecule has 0 aromatic carbocycles. The van der Waals surface area contributed by atoms with Gasteiger partial charge < -0.3 is 0 Å². The fourth-order valence-electron chi connectivity index (χ4n) is 1.61. The molecular weight excluding hydrogens is 202 g/mol. The van der Waals surface area contributed by atoms with Crippen molar-refractivity contribution in [3.8, 4) is 0 Å². The molecule has 0 radical (unpaired) electrons. The lowest BCUT2D eigenvalue weighted by Crippen LogP contribution is -2.44. The molecule has 0 unspecified atom stereocenters. The smallest absolute Gasteiger partial charge is 0.260 e. The zero-order chi connectivity index (χ0) is 11.4. The van der Waals surface area contributed by atoms with Crippen molar-refractivity contribution in [3.63, 3.8) is 0 Å². The molecule has 84 valence electrons. The van der Waals surface area contributed by atoms with Crippen molar-refractivity contribution in [2.24, 2.45) is 0 Å². The van der Waals surface area contributed by atoms with Crippen LogP contribution in [0.1, 0.15) is 18.9 Å². The van der Waals surface area contributed by atoms with E-state index in [2.05, 4.69) is 10.4 Å². The minimum absolute atomic E-state index is 0.0349. The molecule has 0 fully saturated rings. The van der Waals surface area contributed by atoms with Gasteiger partial charge in [-0.15, -0.1) is 0 Å². The average molecular weight is 217 g/mol. The van der Waals surface area contributed by atoms with Gasteiger partial charge in [-0.2, -0.15) is 0 Å². The maximum absolute atomic E-state index is 11.6. The van der Waals surface area contributed by atoms with Gasteiger partial charge >= 0.3 is 0 Å². The Morgan fingerprint density at radius 2 is 2.44 bits per heavy atom. The Labute approximate surface area is 95.0 Å². The fraction of sp³-hybridized carbons (Fsp3) is 0.333. The van der Waals surface area contributed by atoms with Crippen molar-refractivity contribution < 1.29 is 4.79 Å². The third-order valence-corrected chi connectivity index (χ3v) is 2.56. The number of aromatic nitrogens is 1. The molecule has 1 aliphatic rings. The minimum atomic E-state index is 0.0349. The molecule has 1 aromatic rings. The number of hydrogen-bond donors (Lipinski definition) is 1. The number of pyridine rings is 1. The number of hydrogen-bond acceptors (Lipinski definition) is 3. The Morgan fingerprint density at radius 3 is 3.12 bits per heavy atom. The van der Waals surface area contributed by atoms with Crippen molar-refractivity contribution in [1.29, 1.82) is 0 Å². The summed E-state index contributed by atoms with van der Waals surface area (Å²) in [5, 5.41) is 1.65. The molecule has 0 spiro atoms. The molecule has 1 aromatic heterocycles. The first-order valence-electron chi connectivity index (χ1n) is 5.37. The van der Waals surface area contributed by atoms with Gasteiger partial charge in [0.1, 0.15) is 0 Å². The summed E-state index contributed by atoms with van der Waals surface area (Å²) >= 11 is 0. The zero-order valence-corrected chi connectivity index (χ0v) is 9.31. The van der Waals surface area contributed by atoms with Gasteiger partial charge in [0.25, 0.3) is 5.91 Å². The van der Waals surface area contributed by atoms with Gasteiger partial charge in [0.2, 0.25) is 0 Å². The van der Waals surface area contributed by atoms with E-state index in [1.807, 2.05) is 19.1 Å². The standard InChI is InChI=1S/C12H15N3O/c1-10-4-6-15(12(16)7-10)14-9-11-3-2-5-13-8-11/h2-3,5,7-8,14H,4,6,9H2,1H3. The monoisotopic (exact) mass is 217 g/mol. The quantitative estimate of drug-likeness (QED) is 0.829. The second-order valence-corrected chi connectivity index (χ2v) is 3.93. The van der Waals surface area contributed by atoms with Gasteiger partial charge in [0.05, 0.1) is 0 Å². The second kappa shape index (κ2) is 4.90. The molecule has 4 nitrogen and oxygen atoms in total. The van der Waals surface area contributed by atoms with Gasteiger partial charge in [-0.25, -0.2) is 5.43 Å². The summed E-state index contributed by atoms with van der Waals surface area (Å²) in [6.07, 6.45) is 6.15. The van der Waals surface area contributed by atoms with E-state index < -0.39 is 0 Å². The number of nitrogens with one attached hydrogen (secondary N) is 1. The molecule has 1 amide bonds. The van der Waals surface area contributed by atoms with Crippen LogP contribution in [0, 0.1) is 0 Å². The van der Waals surface area contributed by atoms with Gasteiger partial charge in [-0.3, -0.25) is 14.8 Å². The third kappa shape index (κ3) is 2.67. The summed E-state index contributed by atoms with van der Waals surface area (Å²) in [6.45, 7) is 3.35. The van der Waals surface area contributed by atoms with Crippen molar-refractivity contribution in [2.45, 2.75) is 19.9 Å². The van der Waals surface area contributed by atoms with Crippen LogP contribution in [0.15, 0.2) is 36.2 Å². The van der Waals surface area contributed by atoms with Crippen LogP contribution in [0.4, 0.5) is 0 Å². The highest BCUT2D eigenvalue weighted by Gasteiger charge is 2.15. The van der Waals surface area contributed by atoms with E-state index in [0.717, 1.165) is 24.1 Å². The largest absolute Gasteiger partial charge is 0.274 e. The normalized spacial score (nSPS) is 16.2. The average Bonchev–Trinajstić information content (AvgIpc) is 2.29. The van der Waals surface area contributed by atoms with E-state index in [-0.39, 0.29) is 5.91 Å². The number of carbonyl (C=O) groups is 1. The molecular formula is C12H15N3O. The lowest BCUT2D eigenvalue weighted by Gasteiger charge is -2.25. The zero-order valence-electron chi connectivity index (χ0n) is 9.31. The van der Waals surface area contributed by atoms with E-state index >= 15 is 0 Å². The number of amides is 1. The van der Waals surface area contributed by atoms with Crippen LogP contribution in [0.5, 0.6) is 0 Å². The summed E-state index contributed by atoms with van der Waals surface area (Å²) in [7, 11) is 0. The van der Waals surface area contributed by atoms with E-state index in [1.54, 1.807) is 23.5 Å². The molecule has 1 aliphatic heterocycles. The summed E-state index contributed by atoms with van der Waals surface area (Å²) in [6, 6.07) is 3.87. The molecule has 0 bridgehead atoms. The van der Waals surface area contributed by atoms with Gasteiger partial charge in [0.15, 0.2) is 0 Å². The van der Waals surface area contributed by atoms with Crippen molar-refractivity contribution in [1.82, 2.24) is 15.4 Å². The molecule has 2 rings (SSSR count). The van der Waals surface area contributed by atoms with Gasteiger partial charge in [0, 0.05) is 31.6 Å². The topological polar surface area (TPSA) is 45.2 Å². The van der Waals surface area contributed by atoms with Crippen LogP contribution in [0.3, 0.4) is 0 Å². The summed E-state index contributed by atoms with van der Waals surface area (Å²) in [5.74, 6) is 0.0349. The Bertz CT molecular complexity index is 400. The van der Waals surface area contributed by atoms with Crippen LogP contribution in [-0.4, -0.2) is 22.4 Å². The van der Waals surface area contributed by atoms with Crippen LogP contribution in [0.2, 0.25) is 0 Å². The number of rotatable bonds is 3. The molecule has 4 heteroatoms. The Morgan fingerprint density at radius 1 is 1.56 bits per heavy atom. The van der Waals surface area contributed by atoms with Gasteiger partial charge in [-0.05, 0) is 25.0 Å². The van der Waals surface area contributed by atoms with Gasteiger partial charge in [-0.1, -0.05) is 11.6 Å². The van der Waals surface area contributed by atoms with Crippen LogP contribution >= 0.6 is 0 Å². The molecule has 0 saturated heterocycles. The first kappa shape index (κ1) is 10.8. The maximum atomic E-state index is 11.6. The lowest BCUT2D eigenvalue weighted by molar-refractivity contribution is -0.130. The summed E-state index contributed by atoms with van der Waals surface area (Å²) < 4.78 is 0. The van der Waals surface area contributed by atoms with Crippen molar-refractivity contribution in [3.05, 3.63) is 41.7 Å². The molecule has 1 N–H and O–H groups in total. The fourth-order valence-corrected chi connectivity index (χ4v) is 1.61. The van der Waals surface area contributed by atoms with Crippen LogP contribution in [-0.2, 0) is 11.3 Å². The lowest BCUT2D eigenvalue weighted by atomic mass is 10.1. The number of hydrazine groups is 1. The maximum Gasteiger partial charge on any atom is 0.260 e. The van der Waals surface area contributed by atoms with Crippen molar-refractivity contribution in [2.75, 3.05) is 6.54 Å². The third-order valence-electron chi connectivity index (χ3n) is 2.56. The minimum Gasteiger partial charge on any atom is -0.274 e. The summed E-state index contributed by atoms with van der Waals surface area (Å²) in [4.78, 5) is 15.6. The van der Waals surface area contributed by atoms with E-state index in [1.165, 1.54) is 0 Å². The van der Waals surface area contributed by atoms with Crippen molar-refractivity contribution >= 4 is 5.91 Å². The second-order valence-electron chi connectivity index (χ2n) is 3.93. The molecule has 16 heavy (non-hydrogen) atoms.